The van der Waals surface area contributed by atoms with Crippen molar-refractivity contribution in [3.8, 4) is 0 Å². The Hall–Kier alpha value is -2.82. The second-order valence-electron chi connectivity index (χ2n) is 7.05. The number of para-hydroxylation sites is 2. The van der Waals surface area contributed by atoms with Crippen LogP contribution in [-0.2, 0) is 9.53 Å². The molecule has 0 radical (unpaired) electrons. The fraction of sp³-hybridized carbons (Fsp3) is 0.364. The monoisotopic (exact) mass is 366 g/mol. The van der Waals surface area contributed by atoms with Crippen LogP contribution in [0.1, 0.15) is 43.0 Å². The van der Waals surface area contributed by atoms with Gasteiger partial charge in [0.05, 0.1) is 11.3 Å². The van der Waals surface area contributed by atoms with Crippen LogP contribution in [0.3, 0.4) is 0 Å². The number of amides is 1. The predicted octanol–water partition coefficient (Wildman–Crippen LogP) is 4.28. The Kier molecular flexibility index (Phi) is 6.47. The standard InChI is InChI=1S/C22H26N2O3/c1-16-9-5-7-13-19(16)24-21(25)15-27-22(26)18-12-6-8-14-20(18)23-17-10-3-2-4-11-17/h2-4,6,8,10-12,14,16,19,23H,5,7,9,13,15H2,1H3,(H,24,25)/t16-,19-/m1/s1. The van der Waals surface area contributed by atoms with Gasteiger partial charge in [0, 0.05) is 11.7 Å². The predicted molar refractivity (Wildman–Crippen MR) is 106 cm³/mol. The van der Waals surface area contributed by atoms with Gasteiger partial charge in [-0.2, -0.15) is 0 Å². The Morgan fingerprint density at radius 3 is 2.48 bits per heavy atom. The molecule has 5 nitrogen and oxygen atoms in total. The second kappa shape index (κ2) is 9.21. The zero-order valence-electron chi connectivity index (χ0n) is 15.6. The average molecular weight is 366 g/mol. The molecule has 5 heteroatoms. The average Bonchev–Trinajstić information content (AvgIpc) is 2.69. The first kappa shape index (κ1) is 19.0. The van der Waals surface area contributed by atoms with Crippen molar-refractivity contribution in [2.75, 3.05) is 11.9 Å². The molecule has 1 aliphatic rings. The molecule has 0 bridgehead atoms. The lowest BCUT2D eigenvalue weighted by Gasteiger charge is -2.29. The highest BCUT2D eigenvalue weighted by atomic mass is 16.5. The fourth-order valence-corrected chi connectivity index (χ4v) is 3.44. The van der Waals surface area contributed by atoms with E-state index in [9.17, 15) is 9.59 Å². The van der Waals surface area contributed by atoms with Crippen molar-refractivity contribution >= 4 is 23.3 Å². The molecule has 1 aliphatic carbocycles. The van der Waals surface area contributed by atoms with Crippen LogP contribution < -0.4 is 10.6 Å². The minimum absolute atomic E-state index is 0.178. The number of carbonyl (C=O) groups is 2. The summed E-state index contributed by atoms with van der Waals surface area (Å²) in [5, 5.41) is 6.21. The lowest BCUT2D eigenvalue weighted by molar-refractivity contribution is -0.125. The van der Waals surface area contributed by atoms with E-state index < -0.39 is 5.97 Å². The smallest absolute Gasteiger partial charge is 0.340 e. The van der Waals surface area contributed by atoms with E-state index in [1.54, 1.807) is 12.1 Å². The highest BCUT2D eigenvalue weighted by Gasteiger charge is 2.23. The summed E-state index contributed by atoms with van der Waals surface area (Å²) in [5.74, 6) is -0.286. The lowest BCUT2D eigenvalue weighted by atomic mass is 9.86. The van der Waals surface area contributed by atoms with Crippen LogP contribution in [0.4, 0.5) is 11.4 Å². The van der Waals surface area contributed by atoms with Gasteiger partial charge in [0.25, 0.3) is 5.91 Å². The van der Waals surface area contributed by atoms with Crippen LogP contribution in [0.25, 0.3) is 0 Å². The number of ether oxygens (including phenoxy) is 1. The van der Waals surface area contributed by atoms with Crippen LogP contribution in [-0.4, -0.2) is 24.5 Å². The van der Waals surface area contributed by atoms with Gasteiger partial charge in [-0.3, -0.25) is 4.79 Å². The maximum absolute atomic E-state index is 12.5. The Bertz CT molecular complexity index is 776. The fourth-order valence-electron chi connectivity index (χ4n) is 3.44. The first-order valence-corrected chi connectivity index (χ1v) is 9.51. The summed E-state index contributed by atoms with van der Waals surface area (Å²) in [6, 6.07) is 16.9. The molecule has 2 aromatic rings. The van der Waals surface area contributed by atoms with Gasteiger partial charge in [-0.25, -0.2) is 4.79 Å². The second-order valence-corrected chi connectivity index (χ2v) is 7.05. The number of hydrogen-bond acceptors (Lipinski definition) is 4. The first-order valence-electron chi connectivity index (χ1n) is 9.51. The molecule has 142 valence electrons. The van der Waals surface area contributed by atoms with Gasteiger partial charge in [-0.05, 0) is 43.0 Å². The van der Waals surface area contributed by atoms with E-state index in [2.05, 4.69) is 17.6 Å². The van der Waals surface area contributed by atoms with E-state index in [0.29, 0.717) is 17.2 Å². The van der Waals surface area contributed by atoms with Gasteiger partial charge in [0.15, 0.2) is 6.61 Å². The number of nitrogens with one attached hydrogen (secondary N) is 2. The summed E-state index contributed by atoms with van der Waals surface area (Å²) in [6.07, 6.45) is 4.47. The summed E-state index contributed by atoms with van der Waals surface area (Å²) in [7, 11) is 0. The molecule has 1 saturated carbocycles. The number of esters is 1. The summed E-state index contributed by atoms with van der Waals surface area (Å²) < 4.78 is 5.25. The minimum atomic E-state index is -0.513. The molecule has 0 aromatic heterocycles. The summed E-state index contributed by atoms with van der Waals surface area (Å²) >= 11 is 0. The summed E-state index contributed by atoms with van der Waals surface area (Å²) in [5.41, 5.74) is 1.93. The topological polar surface area (TPSA) is 67.4 Å². The molecular formula is C22H26N2O3. The van der Waals surface area contributed by atoms with Gasteiger partial charge in [0.1, 0.15) is 0 Å². The van der Waals surface area contributed by atoms with E-state index in [4.69, 9.17) is 4.74 Å². The third kappa shape index (κ3) is 5.33. The molecule has 2 aromatic carbocycles. The normalized spacial score (nSPS) is 19.1. The van der Waals surface area contributed by atoms with Crippen LogP contribution in [0, 0.1) is 5.92 Å². The molecule has 1 fully saturated rings. The van der Waals surface area contributed by atoms with Gasteiger partial charge in [-0.1, -0.05) is 50.1 Å². The molecule has 1 amide bonds. The van der Waals surface area contributed by atoms with E-state index >= 15 is 0 Å². The number of rotatable bonds is 6. The van der Waals surface area contributed by atoms with E-state index in [1.807, 2.05) is 42.5 Å². The molecule has 2 N–H and O–H groups in total. The third-order valence-corrected chi connectivity index (χ3v) is 4.99. The van der Waals surface area contributed by atoms with Gasteiger partial charge in [-0.15, -0.1) is 0 Å². The largest absolute Gasteiger partial charge is 0.452 e. The first-order chi connectivity index (χ1) is 13.1. The number of hydrogen-bond donors (Lipinski definition) is 2. The zero-order chi connectivity index (χ0) is 19.1. The number of benzene rings is 2. The Balaban J connectivity index is 1.57. The van der Waals surface area contributed by atoms with Crippen molar-refractivity contribution in [3.63, 3.8) is 0 Å². The number of anilines is 2. The van der Waals surface area contributed by atoms with Crippen LogP contribution >= 0.6 is 0 Å². The molecule has 0 saturated heterocycles. The van der Waals surface area contributed by atoms with E-state index in [0.717, 1.165) is 24.9 Å². The molecular weight excluding hydrogens is 340 g/mol. The lowest BCUT2D eigenvalue weighted by Crippen LogP contribution is -2.42. The highest BCUT2D eigenvalue weighted by Crippen LogP contribution is 2.24. The van der Waals surface area contributed by atoms with Crippen LogP contribution in [0.5, 0.6) is 0 Å². The highest BCUT2D eigenvalue weighted by molar-refractivity contribution is 5.97. The van der Waals surface area contributed by atoms with Crippen molar-refractivity contribution < 1.29 is 14.3 Å². The Morgan fingerprint density at radius 1 is 1.00 bits per heavy atom. The van der Waals surface area contributed by atoms with Gasteiger partial charge in [0.2, 0.25) is 0 Å². The van der Waals surface area contributed by atoms with Crippen molar-refractivity contribution in [2.24, 2.45) is 5.92 Å². The maximum atomic E-state index is 12.5. The maximum Gasteiger partial charge on any atom is 0.340 e. The Labute approximate surface area is 160 Å². The third-order valence-electron chi connectivity index (χ3n) is 4.99. The van der Waals surface area contributed by atoms with Gasteiger partial charge >= 0.3 is 5.97 Å². The van der Waals surface area contributed by atoms with Crippen LogP contribution in [0.2, 0.25) is 0 Å². The van der Waals surface area contributed by atoms with Crippen LogP contribution in [0.15, 0.2) is 54.6 Å². The van der Waals surface area contributed by atoms with Crippen molar-refractivity contribution in [3.05, 3.63) is 60.2 Å². The van der Waals surface area contributed by atoms with Crippen molar-refractivity contribution in [1.82, 2.24) is 5.32 Å². The van der Waals surface area contributed by atoms with Crippen molar-refractivity contribution in [2.45, 2.75) is 38.6 Å². The molecule has 27 heavy (non-hydrogen) atoms. The van der Waals surface area contributed by atoms with E-state index in [1.165, 1.54) is 6.42 Å². The summed E-state index contributed by atoms with van der Waals surface area (Å²) in [4.78, 5) is 24.6. The van der Waals surface area contributed by atoms with Gasteiger partial charge < -0.3 is 15.4 Å². The molecule has 0 heterocycles. The quantitative estimate of drug-likeness (QED) is 0.749. The summed E-state index contributed by atoms with van der Waals surface area (Å²) in [6.45, 7) is 1.89. The molecule has 0 unspecified atom stereocenters. The SMILES string of the molecule is C[C@@H]1CCCC[C@H]1NC(=O)COC(=O)c1ccccc1Nc1ccccc1. The Morgan fingerprint density at radius 2 is 1.70 bits per heavy atom. The number of carbonyl (C=O) groups excluding carboxylic acids is 2. The molecule has 0 spiro atoms. The molecule has 3 rings (SSSR count). The van der Waals surface area contributed by atoms with E-state index in [-0.39, 0.29) is 18.6 Å². The molecule has 2 atom stereocenters. The minimum Gasteiger partial charge on any atom is -0.452 e. The van der Waals surface area contributed by atoms with Crippen molar-refractivity contribution in [1.29, 1.82) is 0 Å². The zero-order valence-corrected chi connectivity index (χ0v) is 15.6. The molecule has 0 aliphatic heterocycles.